The zero-order chi connectivity index (χ0) is 22.1. The summed E-state index contributed by atoms with van der Waals surface area (Å²) in [7, 11) is 0. The normalized spacial score (nSPS) is 21.1. The Balaban J connectivity index is 1.73. The lowest BCUT2D eigenvalue weighted by atomic mass is 9.49. The van der Waals surface area contributed by atoms with Gasteiger partial charge in [0.15, 0.2) is 0 Å². The van der Waals surface area contributed by atoms with Crippen LogP contribution in [0.1, 0.15) is 49.2 Å². The van der Waals surface area contributed by atoms with E-state index >= 15 is 0 Å². The molecule has 30 heavy (non-hydrogen) atoms. The monoisotopic (exact) mass is 424 g/mol. The van der Waals surface area contributed by atoms with Gasteiger partial charge >= 0.3 is 0 Å². The van der Waals surface area contributed by atoms with Crippen molar-refractivity contribution in [3.8, 4) is 11.8 Å². The lowest BCUT2D eigenvalue weighted by Crippen LogP contribution is -2.74. The van der Waals surface area contributed by atoms with Crippen LogP contribution in [-0.2, 0) is 11.2 Å². The van der Waals surface area contributed by atoms with Gasteiger partial charge in [-0.05, 0) is 29.8 Å². The van der Waals surface area contributed by atoms with Gasteiger partial charge in [0.1, 0.15) is 24.2 Å². The summed E-state index contributed by atoms with van der Waals surface area (Å²) in [5.41, 5.74) is 1.19. The summed E-state index contributed by atoms with van der Waals surface area (Å²) in [6.45, 7) is 8.25. The number of nitriles is 1. The van der Waals surface area contributed by atoms with Crippen molar-refractivity contribution in [2.45, 2.75) is 46.3 Å². The zero-order valence-electron chi connectivity index (χ0n) is 17.5. The van der Waals surface area contributed by atoms with Gasteiger partial charge in [-0.1, -0.05) is 51.4 Å². The Morgan fingerprint density at radius 3 is 2.33 bits per heavy atom. The molecular weight excluding hydrogens is 400 g/mol. The minimum atomic E-state index is -0.322. The topological polar surface area (TPSA) is 79.2 Å². The van der Waals surface area contributed by atoms with Gasteiger partial charge in [-0.25, -0.2) is 0 Å². The summed E-state index contributed by atoms with van der Waals surface area (Å²) in [5, 5.41) is 12.5. The third-order valence-electron chi connectivity index (χ3n) is 5.97. The van der Waals surface area contributed by atoms with Crippen molar-refractivity contribution in [2.24, 2.45) is 10.8 Å². The molecule has 0 aliphatic heterocycles. The van der Waals surface area contributed by atoms with Crippen LogP contribution >= 0.6 is 11.6 Å². The SMILES string of the molecule is CC1(C)[C@H](NC(=O)c2ccc(CC=O)cc2)C(C)(C)[C@H]1Oc1ccc(C#N)c(Cl)c1. The second kappa shape index (κ2) is 8.12. The zero-order valence-corrected chi connectivity index (χ0v) is 18.3. The Labute approximate surface area is 182 Å². The largest absolute Gasteiger partial charge is 0.489 e. The average molecular weight is 425 g/mol. The van der Waals surface area contributed by atoms with Gasteiger partial charge in [0, 0.05) is 34.9 Å². The summed E-state index contributed by atoms with van der Waals surface area (Å²) < 4.78 is 6.24. The van der Waals surface area contributed by atoms with Crippen molar-refractivity contribution < 1.29 is 14.3 Å². The molecular formula is C24H25ClN2O3. The van der Waals surface area contributed by atoms with Gasteiger partial charge in [-0.3, -0.25) is 4.79 Å². The van der Waals surface area contributed by atoms with Crippen LogP contribution in [0.3, 0.4) is 0 Å². The third kappa shape index (κ3) is 3.93. The molecule has 0 radical (unpaired) electrons. The smallest absolute Gasteiger partial charge is 0.251 e. The minimum absolute atomic E-state index is 0.106. The van der Waals surface area contributed by atoms with Crippen LogP contribution in [0, 0.1) is 22.2 Å². The molecule has 0 bridgehead atoms. The molecule has 2 aromatic carbocycles. The van der Waals surface area contributed by atoms with Crippen molar-refractivity contribution in [3.05, 3.63) is 64.2 Å². The summed E-state index contributed by atoms with van der Waals surface area (Å²) in [4.78, 5) is 23.4. The fourth-order valence-corrected chi connectivity index (χ4v) is 4.91. The first-order valence-corrected chi connectivity index (χ1v) is 10.2. The minimum Gasteiger partial charge on any atom is -0.489 e. The van der Waals surface area contributed by atoms with Crippen molar-refractivity contribution in [1.82, 2.24) is 5.32 Å². The third-order valence-corrected chi connectivity index (χ3v) is 6.28. The molecule has 1 amide bonds. The van der Waals surface area contributed by atoms with E-state index in [0.29, 0.717) is 28.3 Å². The van der Waals surface area contributed by atoms with Crippen molar-refractivity contribution in [3.63, 3.8) is 0 Å². The number of benzene rings is 2. The highest BCUT2D eigenvalue weighted by molar-refractivity contribution is 6.31. The highest BCUT2D eigenvalue weighted by Crippen LogP contribution is 2.55. The number of nitrogens with zero attached hydrogens (tertiary/aromatic N) is 1. The van der Waals surface area contributed by atoms with Gasteiger partial charge in [-0.2, -0.15) is 5.26 Å². The van der Waals surface area contributed by atoms with E-state index in [1.807, 2.05) is 6.07 Å². The maximum absolute atomic E-state index is 12.8. The van der Waals surface area contributed by atoms with Crippen molar-refractivity contribution in [2.75, 3.05) is 0 Å². The van der Waals surface area contributed by atoms with E-state index < -0.39 is 0 Å². The van der Waals surface area contributed by atoms with Crippen LogP contribution in [0.25, 0.3) is 0 Å². The molecule has 0 spiro atoms. The highest BCUT2D eigenvalue weighted by Gasteiger charge is 2.64. The maximum Gasteiger partial charge on any atom is 0.251 e. The quantitative estimate of drug-likeness (QED) is 0.689. The van der Waals surface area contributed by atoms with Crippen LogP contribution in [-0.4, -0.2) is 24.3 Å². The number of halogens is 1. The number of carbonyl (C=O) groups is 2. The molecule has 0 atom stereocenters. The fourth-order valence-electron chi connectivity index (χ4n) is 4.70. The molecule has 0 saturated heterocycles. The molecule has 3 rings (SSSR count). The Bertz CT molecular complexity index is 990. The van der Waals surface area contributed by atoms with Crippen molar-refractivity contribution >= 4 is 23.8 Å². The van der Waals surface area contributed by atoms with E-state index in [0.717, 1.165) is 11.8 Å². The number of rotatable bonds is 6. The molecule has 156 valence electrons. The maximum atomic E-state index is 12.8. The Hall–Kier alpha value is -2.84. The Kier molecular flexibility index (Phi) is 5.92. The predicted molar refractivity (Wildman–Crippen MR) is 116 cm³/mol. The number of carbonyl (C=O) groups excluding carboxylic acids is 2. The molecule has 1 fully saturated rings. The van der Waals surface area contributed by atoms with Crippen LogP contribution in [0.5, 0.6) is 5.75 Å². The molecule has 1 aliphatic rings. The molecule has 0 heterocycles. The predicted octanol–water partition coefficient (Wildman–Crippen LogP) is 4.57. The Morgan fingerprint density at radius 2 is 1.80 bits per heavy atom. The van der Waals surface area contributed by atoms with E-state index in [4.69, 9.17) is 21.6 Å². The molecule has 1 saturated carbocycles. The van der Waals surface area contributed by atoms with Gasteiger partial charge in [0.25, 0.3) is 5.91 Å². The average Bonchev–Trinajstić information content (AvgIpc) is 2.70. The first kappa shape index (κ1) is 21.9. The van der Waals surface area contributed by atoms with Gasteiger partial charge in [0.2, 0.25) is 0 Å². The van der Waals surface area contributed by atoms with Gasteiger partial charge in [-0.15, -0.1) is 0 Å². The summed E-state index contributed by atoms with van der Waals surface area (Å²) in [6.07, 6.45) is 1.02. The second-order valence-electron chi connectivity index (χ2n) is 8.87. The molecule has 2 aromatic rings. The van der Waals surface area contributed by atoms with E-state index in [1.165, 1.54) is 0 Å². The molecule has 0 aromatic heterocycles. The number of aldehydes is 1. The Morgan fingerprint density at radius 1 is 1.17 bits per heavy atom. The summed E-state index contributed by atoms with van der Waals surface area (Å²) >= 11 is 6.13. The lowest BCUT2D eigenvalue weighted by molar-refractivity contribution is -0.164. The number of ether oxygens (including phenoxy) is 1. The molecule has 1 N–H and O–H groups in total. The molecule has 6 heteroatoms. The van der Waals surface area contributed by atoms with E-state index in [1.54, 1.807) is 42.5 Å². The highest BCUT2D eigenvalue weighted by atomic mass is 35.5. The van der Waals surface area contributed by atoms with Crippen LogP contribution in [0.2, 0.25) is 5.02 Å². The first-order chi connectivity index (χ1) is 14.1. The van der Waals surface area contributed by atoms with Crippen LogP contribution in [0.4, 0.5) is 0 Å². The standard InChI is InChI=1S/C24H25ClN2O3/c1-23(2)21(27-20(29)16-7-5-15(6-8-16)11-12-28)24(3,4)22(23)30-18-10-9-17(14-26)19(25)13-18/h5-10,12-13,21-22H,11H2,1-4H3,(H,27,29)/t21-,22-. The first-order valence-electron chi connectivity index (χ1n) is 9.81. The second-order valence-corrected chi connectivity index (χ2v) is 9.28. The van der Waals surface area contributed by atoms with E-state index in [9.17, 15) is 9.59 Å². The van der Waals surface area contributed by atoms with Crippen LogP contribution < -0.4 is 10.1 Å². The number of amides is 1. The van der Waals surface area contributed by atoms with Crippen molar-refractivity contribution in [1.29, 1.82) is 5.26 Å². The van der Waals surface area contributed by atoms with E-state index in [2.05, 4.69) is 33.0 Å². The van der Waals surface area contributed by atoms with Gasteiger partial charge in [0.05, 0.1) is 10.6 Å². The number of nitrogens with one attached hydrogen (secondary N) is 1. The summed E-state index contributed by atoms with van der Waals surface area (Å²) in [5.74, 6) is 0.444. The lowest BCUT2D eigenvalue weighted by Gasteiger charge is -2.63. The van der Waals surface area contributed by atoms with E-state index in [-0.39, 0.29) is 28.9 Å². The molecule has 5 nitrogen and oxygen atoms in total. The number of hydrogen-bond donors (Lipinski definition) is 1. The summed E-state index contributed by atoms with van der Waals surface area (Å²) in [6, 6.07) is 14.0. The molecule has 1 aliphatic carbocycles. The molecule has 0 unspecified atom stereocenters. The fraction of sp³-hybridized carbons (Fsp3) is 0.375. The van der Waals surface area contributed by atoms with Gasteiger partial charge < -0.3 is 14.8 Å². The van der Waals surface area contributed by atoms with Crippen LogP contribution in [0.15, 0.2) is 42.5 Å². The number of hydrogen-bond acceptors (Lipinski definition) is 4.